The van der Waals surface area contributed by atoms with Crippen LogP contribution in [0.2, 0.25) is 0 Å². The van der Waals surface area contributed by atoms with Crippen LogP contribution >= 0.6 is 0 Å². The van der Waals surface area contributed by atoms with Crippen molar-refractivity contribution in [2.75, 3.05) is 25.4 Å². The molecule has 1 unspecified atom stereocenters. The van der Waals surface area contributed by atoms with Gasteiger partial charge in [0, 0.05) is 40.1 Å². The van der Waals surface area contributed by atoms with Gasteiger partial charge in [0.25, 0.3) is 0 Å². The maximum Gasteiger partial charge on any atom is 0.143 e. The molecule has 5 nitrogen and oxygen atoms in total. The monoisotopic (exact) mass is 433 g/mol. The highest BCUT2D eigenvalue weighted by atomic mass is 32.2. The lowest BCUT2D eigenvalue weighted by Crippen LogP contribution is -2.15. The molecule has 2 aromatic heterocycles. The number of nitrogens with one attached hydrogen (secondary N) is 2. The third-order valence-electron chi connectivity index (χ3n) is 6.01. The summed E-state index contributed by atoms with van der Waals surface area (Å²) in [5, 5.41) is 5.59. The molecule has 0 radical (unpaired) electrons. The second kappa shape index (κ2) is 8.44. The number of pyridine rings is 1. The lowest BCUT2D eigenvalue weighted by Gasteiger charge is -2.14. The Kier molecular flexibility index (Phi) is 5.50. The van der Waals surface area contributed by atoms with E-state index in [0.29, 0.717) is 18.3 Å². The Morgan fingerprint density at radius 3 is 2.94 bits per heavy atom. The van der Waals surface area contributed by atoms with Crippen LogP contribution in [0.15, 0.2) is 53.6 Å². The highest BCUT2D eigenvalue weighted by Gasteiger charge is 2.19. The quantitative estimate of drug-likeness (QED) is 0.458. The molecule has 0 aliphatic carbocycles. The summed E-state index contributed by atoms with van der Waals surface area (Å²) in [5.41, 5.74) is 5.09. The third-order valence-corrected chi connectivity index (χ3v) is 7.32. The van der Waals surface area contributed by atoms with Gasteiger partial charge in [-0.05, 0) is 66.9 Å². The van der Waals surface area contributed by atoms with Gasteiger partial charge in [0.05, 0.1) is 22.9 Å². The standard InChI is InChI=1S/C25H27N3O2S/c1-3-31(29)19-6-4-5-18(12-19)20-7-8-22(30-15-17-9-10-26-14-17)24-23(20)21-11-16(2)13-27-25(21)28-24/h4-8,11-13,17,26H,3,9-10,14-15H2,1-2H3,(H,27,28)/t17-,31?/m0/s1. The normalized spacial score (nSPS) is 17.4. The Morgan fingerprint density at radius 2 is 2.13 bits per heavy atom. The fourth-order valence-electron chi connectivity index (χ4n) is 4.36. The highest BCUT2D eigenvalue weighted by Crippen LogP contribution is 2.39. The van der Waals surface area contributed by atoms with Crippen LogP contribution in [0.1, 0.15) is 18.9 Å². The van der Waals surface area contributed by atoms with E-state index in [1.165, 1.54) is 0 Å². The second-order valence-corrected chi connectivity index (χ2v) is 9.97. The second-order valence-electron chi connectivity index (χ2n) is 8.23. The molecule has 5 rings (SSSR count). The molecular formula is C25H27N3O2S. The number of aromatic amines is 1. The number of hydrogen-bond donors (Lipinski definition) is 2. The lowest BCUT2D eigenvalue weighted by molar-refractivity contribution is 0.262. The average molecular weight is 434 g/mol. The van der Waals surface area contributed by atoms with Gasteiger partial charge in [-0.25, -0.2) is 4.98 Å². The summed E-state index contributed by atoms with van der Waals surface area (Å²) < 4.78 is 18.7. The molecule has 0 saturated carbocycles. The van der Waals surface area contributed by atoms with Crippen LogP contribution in [0.3, 0.4) is 0 Å². The minimum Gasteiger partial charge on any atom is -0.491 e. The maximum atomic E-state index is 12.4. The molecule has 0 amide bonds. The van der Waals surface area contributed by atoms with Crippen LogP contribution in [0.25, 0.3) is 33.1 Å². The van der Waals surface area contributed by atoms with Crippen LogP contribution in [-0.2, 0) is 10.8 Å². The zero-order chi connectivity index (χ0) is 21.4. The molecule has 2 atom stereocenters. The molecule has 1 fully saturated rings. The van der Waals surface area contributed by atoms with Crippen LogP contribution in [0.5, 0.6) is 5.75 Å². The van der Waals surface area contributed by atoms with Gasteiger partial charge in [-0.2, -0.15) is 0 Å². The average Bonchev–Trinajstić information content (AvgIpc) is 3.45. The zero-order valence-corrected chi connectivity index (χ0v) is 18.7. The van der Waals surface area contributed by atoms with Crippen LogP contribution in [0.4, 0.5) is 0 Å². The molecule has 6 heteroatoms. The Labute approximate surface area is 184 Å². The number of hydrogen-bond acceptors (Lipinski definition) is 4. The Balaban J connectivity index is 1.66. The van der Waals surface area contributed by atoms with Gasteiger partial charge in [-0.15, -0.1) is 0 Å². The molecule has 31 heavy (non-hydrogen) atoms. The van der Waals surface area contributed by atoms with Gasteiger partial charge in [-0.3, -0.25) is 4.21 Å². The predicted octanol–water partition coefficient (Wildman–Crippen LogP) is 4.81. The zero-order valence-electron chi connectivity index (χ0n) is 17.9. The number of aryl methyl sites for hydroxylation is 1. The van der Waals surface area contributed by atoms with E-state index in [4.69, 9.17) is 4.74 Å². The minimum atomic E-state index is -0.989. The summed E-state index contributed by atoms with van der Waals surface area (Å²) in [6, 6.07) is 14.4. The summed E-state index contributed by atoms with van der Waals surface area (Å²) in [6.07, 6.45) is 3.03. The summed E-state index contributed by atoms with van der Waals surface area (Å²) in [7, 11) is -0.989. The van der Waals surface area contributed by atoms with Gasteiger partial charge in [0.1, 0.15) is 11.4 Å². The van der Waals surface area contributed by atoms with E-state index >= 15 is 0 Å². The SMILES string of the molecule is CCS(=O)c1cccc(-c2ccc(OC[C@H]3CCNC3)c3[nH]c4ncc(C)cc4c23)c1. The molecule has 0 spiro atoms. The topological polar surface area (TPSA) is 67.0 Å². The van der Waals surface area contributed by atoms with Crippen molar-refractivity contribution in [3.05, 3.63) is 54.2 Å². The van der Waals surface area contributed by atoms with E-state index in [9.17, 15) is 4.21 Å². The number of nitrogens with zero attached hydrogens (tertiary/aromatic N) is 1. The molecule has 4 aromatic rings. The van der Waals surface area contributed by atoms with Gasteiger partial charge >= 0.3 is 0 Å². The fraction of sp³-hybridized carbons (Fsp3) is 0.320. The first-order chi connectivity index (χ1) is 15.1. The summed E-state index contributed by atoms with van der Waals surface area (Å²) in [6.45, 7) is 6.78. The van der Waals surface area contributed by atoms with E-state index < -0.39 is 10.8 Å². The molecule has 2 N–H and O–H groups in total. The largest absolute Gasteiger partial charge is 0.491 e. The van der Waals surface area contributed by atoms with Crippen molar-refractivity contribution in [2.45, 2.75) is 25.2 Å². The molecular weight excluding hydrogens is 406 g/mol. The number of benzene rings is 2. The van der Waals surface area contributed by atoms with Crippen molar-refractivity contribution >= 4 is 32.7 Å². The van der Waals surface area contributed by atoms with E-state index in [1.807, 2.05) is 37.4 Å². The minimum absolute atomic E-state index is 0.542. The van der Waals surface area contributed by atoms with Crippen LogP contribution in [-0.4, -0.2) is 39.6 Å². The van der Waals surface area contributed by atoms with Gasteiger partial charge < -0.3 is 15.0 Å². The van der Waals surface area contributed by atoms with E-state index in [1.54, 1.807) is 0 Å². The lowest BCUT2D eigenvalue weighted by atomic mass is 9.99. The molecule has 2 aromatic carbocycles. The van der Waals surface area contributed by atoms with Crippen LogP contribution < -0.4 is 10.1 Å². The van der Waals surface area contributed by atoms with Crippen LogP contribution in [0, 0.1) is 12.8 Å². The number of ether oxygens (including phenoxy) is 1. The first-order valence-corrected chi connectivity index (χ1v) is 12.2. The van der Waals surface area contributed by atoms with E-state index in [0.717, 1.165) is 68.8 Å². The number of rotatable bonds is 6. The Hall–Kier alpha value is -2.70. The molecule has 1 saturated heterocycles. The number of fused-ring (bicyclic) bond motifs is 3. The highest BCUT2D eigenvalue weighted by molar-refractivity contribution is 7.85. The van der Waals surface area contributed by atoms with Gasteiger partial charge in [0.2, 0.25) is 0 Å². The maximum absolute atomic E-state index is 12.4. The van der Waals surface area contributed by atoms with Crippen molar-refractivity contribution < 1.29 is 8.95 Å². The first kappa shape index (κ1) is 20.2. The van der Waals surface area contributed by atoms with Crippen molar-refractivity contribution in [1.82, 2.24) is 15.3 Å². The molecule has 3 heterocycles. The number of aromatic nitrogens is 2. The summed E-state index contributed by atoms with van der Waals surface area (Å²) >= 11 is 0. The smallest absolute Gasteiger partial charge is 0.143 e. The van der Waals surface area contributed by atoms with Gasteiger partial charge in [-0.1, -0.05) is 19.1 Å². The third kappa shape index (κ3) is 3.86. The summed E-state index contributed by atoms with van der Waals surface area (Å²) in [4.78, 5) is 8.97. The molecule has 160 valence electrons. The van der Waals surface area contributed by atoms with Gasteiger partial charge in [0.15, 0.2) is 0 Å². The van der Waals surface area contributed by atoms with Crippen molar-refractivity contribution in [3.63, 3.8) is 0 Å². The first-order valence-electron chi connectivity index (χ1n) is 10.9. The van der Waals surface area contributed by atoms with E-state index in [2.05, 4.69) is 40.4 Å². The Morgan fingerprint density at radius 1 is 1.23 bits per heavy atom. The van der Waals surface area contributed by atoms with Crippen molar-refractivity contribution in [2.24, 2.45) is 5.92 Å². The predicted molar refractivity (Wildman–Crippen MR) is 127 cm³/mol. The van der Waals surface area contributed by atoms with E-state index in [-0.39, 0.29) is 0 Å². The summed E-state index contributed by atoms with van der Waals surface area (Å²) in [5.74, 6) is 2.01. The molecule has 0 bridgehead atoms. The van der Waals surface area contributed by atoms with Crippen molar-refractivity contribution in [1.29, 1.82) is 0 Å². The molecule has 1 aliphatic heterocycles. The Bertz CT molecular complexity index is 1270. The van der Waals surface area contributed by atoms with Crippen molar-refractivity contribution in [3.8, 4) is 16.9 Å². The number of H-pyrrole nitrogens is 1. The molecule has 1 aliphatic rings. The fourth-order valence-corrected chi connectivity index (χ4v) is 5.18.